The summed E-state index contributed by atoms with van der Waals surface area (Å²) in [7, 11) is 0. The molecule has 1 aliphatic rings. The number of aromatic nitrogens is 3. The summed E-state index contributed by atoms with van der Waals surface area (Å²) in [6.07, 6.45) is 7.19. The van der Waals surface area contributed by atoms with E-state index in [-0.39, 0.29) is 12.2 Å². The molecule has 1 unspecified atom stereocenters. The van der Waals surface area contributed by atoms with Crippen molar-refractivity contribution in [3.8, 4) is 5.75 Å². The van der Waals surface area contributed by atoms with Crippen molar-refractivity contribution in [3.05, 3.63) is 54.6 Å². The minimum Gasteiger partial charge on any atom is -0.486 e. The van der Waals surface area contributed by atoms with Crippen molar-refractivity contribution in [2.45, 2.75) is 45.4 Å². The van der Waals surface area contributed by atoms with Gasteiger partial charge in [-0.2, -0.15) is 0 Å². The number of amides is 1. The van der Waals surface area contributed by atoms with Crippen molar-refractivity contribution in [1.82, 2.24) is 19.9 Å². The van der Waals surface area contributed by atoms with Crippen LogP contribution in [0.3, 0.4) is 0 Å². The Morgan fingerprint density at radius 3 is 2.77 bits per heavy atom. The van der Waals surface area contributed by atoms with Crippen molar-refractivity contribution in [1.29, 1.82) is 0 Å². The molecule has 3 aromatic rings. The van der Waals surface area contributed by atoms with Crippen LogP contribution in [-0.4, -0.2) is 50.7 Å². The normalized spacial score (nSPS) is 16.4. The largest absolute Gasteiger partial charge is 0.486 e. The summed E-state index contributed by atoms with van der Waals surface area (Å²) in [5, 5.41) is 3.39. The molecule has 8 heteroatoms. The minimum atomic E-state index is -0.507. The Hall–Kier alpha value is -3.42. The van der Waals surface area contributed by atoms with Crippen LogP contribution >= 0.6 is 0 Å². The van der Waals surface area contributed by atoms with E-state index in [1.54, 1.807) is 29.7 Å². The van der Waals surface area contributed by atoms with Crippen LogP contribution in [0.4, 0.5) is 10.5 Å². The second-order valence-electron chi connectivity index (χ2n) is 8.56. The van der Waals surface area contributed by atoms with E-state index < -0.39 is 5.60 Å². The Bertz CT molecular complexity index is 1070. The SMILES string of the molecule is CC(C)(C)OC(=O)N1CCC(Oc2ccncc2NCc2ccc3nccnc3c2)C1. The fourth-order valence-corrected chi connectivity index (χ4v) is 3.43. The van der Waals surface area contributed by atoms with E-state index >= 15 is 0 Å². The second-order valence-corrected chi connectivity index (χ2v) is 8.56. The number of nitrogens with zero attached hydrogens (tertiary/aromatic N) is 4. The van der Waals surface area contributed by atoms with Crippen LogP contribution in [0.15, 0.2) is 49.1 Å². The standard InChI is InChI=1S/C23H27N5O3/c1-23(2,3)31-22(29)28-11-7-17(15-28)30-21-6-8-24-14-20(21)27-13-16-4-5-18-19(12-16)26-10-9-25-18/h4-6,8-10,12,14,17,27H,7,11,13,15H2,1-3H3. The lowest BCUT2D eigenvalue weighted by Gasteiger charge is -2.24. The van der Waals surface area contributed by atoms with Gasteiger partial charge < -0.3 is 19.7 Å². The van der Waals surface area contributed by atoms with Gasteiger partial charge in [-0.05, 0) is 38.5 Å². The lowest BCUT2D eigenvalue weighted by molar-refractivity contribution is 0.0276. The Kier molecular flexibility index (Phi) is 5.88. The van der Waals surface area contributed by atoms with Crippen LogP contribution in [0.1, 0.15) is 32.8 Å². The van der Waals surface area contributed by atoms with Crippen LogP contribution in [-0.2, 0) is 11.3 Å². The van der Waals surface area contributed by atoms with Gasteiger partial charge in [0.1, 0.15) is 17.5 Å². The van der Waals surface area contributed by atoms with E-state index in [0.29, 0.717) is 25.4 Å². The number of anilines is 1. The van der Waals surface area contributed by atoms with Gasteiger partial charge in [-0.15, -0.1) is 0 Å². The first-order valence-corrected chi connectivity index (χ1v) is 10.4. The number of hydrogen-bond acceptors (Lipinski definition) is 7. The molecule has 0 bridgehead atoms. The number of carbonyl (C=O) groups is 1. The first-order valence-electron chi connectivity index (χ1n) is 10.4. The Morgan fingerprint density at radius 1 is 1.16 bits per heavy atom. The average molecular weight is 422 g/mol. The van der Waals surface area contributed by atoms with E-state index in [1.165, 1.54) is 0 Å². The summed E-state index contributed by atoms with van der Waals surface area (Å²) in [6.45, 7) is 7.32. The molecule has 1 N–H and O–H groups in total. The highest BCUT2D eigenvalue weighted by atomic mass is 16.6. The molecule has 0 spiro atoms. The predicted molar refractivity (Wildman–Crippen MR) is 118 cm³/mol. The van der Waals surface area contributed by atoms with Crippen molar-refractivity contribution < 1.29 is 14.3 Å². The molecule has 1 saturated heterocycles. The number of hydrogen-bond donors (Lipinski definition) is 1. The summed E-state index contributed by atoms with van der Waals surface area (Å²) in [5.41, 5.74) is 3.11. The van der Waals surface area contributed by atoms with E-state index in [4.69, 9.17) is 9.47 Å². The Balaban J connectivity index is 1.38. The number of carbonyl (C=O) groups excluding carboxylic acids is 1. The van der Waals surface area contributed by atoms with Crippen LogP contribution in [0.25, 0.3) is 11.0 Å². The summed E-state index contributed by atoms with van der Waals surface area (Å²) in [6, 6.07) is 7.84. The van der Waals surface area contributed by atoms with Gasteiger partial charge in [0.15, 0.2) is 0 Å². The zero-order chi connectivity index (χ0) is 21.8. The summed E-state index contributed by atoms with van der Waals surface area (Å²) in [5.74, 6) is 0.714. The highest BCUT2D eigenvalue weighted by molar-refractivity contribution is 5.74. The Labute approximate surface area is 181 Å². The molecule has 2 aromatic heterocycles. The first-order chi connectivity index (χ1) is 14.9. The van der Waals surface area contributed by atoms with E-state index in [1.807, 2.05) is 45.0 Å². The van der Waals surface area contributed by atoms with Crippen molar-refractivity contribution in [3.63, 3.8) is 0 Å². The molecule has 8 nitrogen and oxygen atoms in total. The van der Waals surface area contributed by atoms with Gasteiger partial charge >= 0.3 is 6.09 Å². The third kappa shape index (κ3) is 5.39. The van der Waals surface area contributed by atoms with Gasteiger partial charge in [-0.1, -0.05) is 6.07 Å². The number of likely N-dealkylation sites (tertiary alicyclic amines) is 1. The zero-order valence-electron chi connectivity index (χ0n) is 18.0. The van der Waals surface area contributed by atoms with Gasteiger partial charge in [0.25, 0.3) is 0 Å². The van der Waals surface area contributed by atoms with Crippen molar-refractivity contribution >= 4 is 22.8 Å². The lowest BCUT2D eigenvalue weighted by atomic mass is 10.2. The topological polar surface area (TPSA) is 89.5 Å². The molecule has 1 amide bonds. The van der Waals surface area contributed by atoms with Crippen LogP contribution in [0.5, 0.6) is 5.75 Å². The number of benzene rings is 1. The number of pyridine rings is 1. The number of ether oxygens (including phenoxy) is 2. The first kappa shape index (κ1) is 20.8. The van der Waals surface area contributed by atoms with Gasteiger partial charge in [0.2, 0.25) is 0 Å². The molecule has 0 saturated carbocycles. The van der Waals surface area contributed by atoms with Gasteiger partial charge in [-0.25, -0.2) is 4.79 Å². The maximum Gasteiger partial charge on any atom is 0.410 e. The molecular formula is C23H27N5O3. The quantitative estimate of drug-likeness (QED) is 0.665. The molecular weight excluding hydrogens is 394 g/mol. The predicted octanol–water partition coefficient (Wildman–Crippen LogP) is 4.03. The minimum absolute atomic E-state index is 0.0913. The maximum absolute atomic E-state index is 12.3. The molecule has 4 rings (SSSR count). The zero-order valence-corrected chi connectivity index (χ0v) is 18.0. The smallest absolute Gasteiger partial charge is 0.410 e. The van der Waals surface area contributed by atoms with Gasteiger partial charge in [-0.3, -0.25) is 15.0 Å². The maximum atomic E-state index is 12.3. The van der Waals surface area contributed by atoms with Gasteiger partial charge in [0.05, 0.1) is 29.5 Å². The molecule has 0 aliphatic carbocycles. The number of rotatable bonds is 5. The molecule has 0 radical (unpaired) electrons. The molecule has 1 fully saturated rings. The highest BCUT2D eigenvalue weighted by Gasteiger charge is 2.31. The number of nitrogens with one attached hydrogen (secondary N) is 1. The van der Waals surface area contributed by atoms with Crippen LogP contribution in [0, 0.1) is 0 Å². The van der Waals surface area contributed by atoms with E-state index in [2.05, 4.69) is 20.3 Å². The summed E-state index contributed by atoms with van der Waals surface area (Å²) in [4.78, 5) is 26.9. The lowest BCUT2D eigenvalue weighted by Crippen LogP contribution is -2.36. The monoisotopic (exact) mass is 421 g/mol. The second kappa shape index (κ2) is 8.75. The summed E-state index contributed by atoms with van der Waals surface area (Å²) < 4.78 is 11.7. The summed E-state index contributed by atoms with van der Waals surface area (Å²) >= 11 is 0. The molecule has 1 aromatic carbocycles. The van der Waals surface area contributed by atoms with Crippen LogP contribution < -0.4 is 10.1 Å². The third-order valence-corrected chi connectivity index (χ3v) is 4.89. The molecule has 1 atom stereocenters. The molecule has 162 valence electrons. The highest BCUT2D eigenvalue weighted by Crippen LogP contribution is 2.27. The van der Waals surface area contributed by atoms with Crippen molar-refractivity contribution in [2.24, 2.45) is 0 Å². The average Bonchev–Trinajstić information content (AvgIpc) is 3.21. The third-order valence-electron chi connectivity index (χ3n) is 4.89. The molecule has 3 heterocycles. The fourth-order valence-electron chi connectivity index (χ4n) is 3.43. The molecule has 1 aliphatic heterocycles. The van der Waals surface area contributed by atoms with Gasteiger partial charge in [0, 0.05) is 44.2 Å². The molecule has 31 heavy (non-hydrogen) atoms. The Morgan fingerprint density at radius 2 is 1.97 bits per heavy atom. The fraction of sp³-hybridized carbons (Fsp3) is 0.391. The van der Waals surface area contributed by atoms with E-state index in [9.17, 15) is 4.79 Å². The number of fused-ring (bicyclic) bond motifs is 1. The van der Waals surface area contributed by atoms with E-state index in [0.717, 1.165) is 28.7 Å². The van der Waals surface area contributed by atoms with Crippen LogP contribution in [0.2, 0.25) is 0 Å². The van der Waals surface area contributed by atoms with Crippen molar-refractivity contribution in [2.75, 3.05) is 18.4 Å².